The van der Waals surface area contributed by atoms with E-state index >= 15 is 0 Å². The molecule has 2 rings (SSSR count). The molecule has 194 valence electrons. The van der Waals surface area contributed by atoms with Crippen molar-refractivity contribution >= 4 is 23.2 Å². The molecule has 1 aromatic carbocycles. The number of amides is 1. The monoisotopic (exact) mass is 480 g/mol. The van der Waals surface area contributed by atoms with Gasteiger partial charge in [-0.05, 0) is 44.5 Å². The van der Waals surface area contributed by atoms with Crippen LogP contribution in [0.5, 0.6) is 0 Å². The zero-order valence-corrected chi connectivity index (χ0v) is 22.5. The predicted octanol–water partition coefficient (Wildman–Crippen LogP) is 9.04. The molecule has 0 aliphatic carbocycles. The molecule has 0 aliphatic heterocycles. The Morgan fingerprint density at radius 2 is 1.17 bits per heavy atom. The highest BCUT2D eigenvalue weighted by atomic mass is 16.1. The quantitative estimate of drug-likeness (QED) is 0.197. The van der Waals surface area contributed by atoms with Gasteiger partial charge in [-0.2, -0.15) is 0 Å². The summed E-state index contributed by atoms with van der Waals surface area (Å²) in [7, 11) is 0. The molecular formula is C30H48N4O. The lowest BCUT2D eigenvalue weighted by molar-refractivity contribution is -0.116. The van der Waals surface area contributed by atoms with Gasteiger partial charge in [0.2, 0.25) is 11.9 Å². The second-order valence-corrected chi connectivity index (χ2v) is 9.93. The summed E-state index contributed by atoms with van der Waals surface area (Å²) in [5, 5.41) is 6.25. The van der Waals surface area contributed by atoms with E-state index in [0.29, 0.717) is 12.4 Å². The van der Waals surface area contributed by atoms with E-state index in [-0.39, 0.29) is 5.91 Å². The molecule has 0 aliphatic rings. The fourth-order valence-corrected chi connectivity index (χ4v) is 4.47. The first-order valence-corrected chi connectivity index (χ1v) is 14.1. The lowest BCUT2D eigenvalue weighted by Crippen LogP contribution is -2.11. The SMILES string of the molecule is CCCCCCCCCCCCCCCCCC(=O)Nc1cccc(Nc2nc(C)cc(C)n2)c1. The van der Waals surface area contributed by atoms with Crippen LogP contribution < -0.4 is 10.6 Å². The molecule has 2 N–H and O–H groups in total. The van der Waals surface area contributed by atoms with Gasteiger partial charge in [0.05, 0.1) is 0 Å². The number of unbranched alkanes of at least 4 members (excludes halogenated alkanes) is 14. The number of rotatable bonds is 19. The van der Waals surface area contributed by atoms with Crippen LogP contribution in [-0.2, 0) is 4.79 Å². The fraction of sp³-hybridized carbons (Fsp3) is 0.633. The minimum atomic E-state index is 0.0829. The number of nitrogens with zero attached hydrogens (tertiary/aromatic N) is 2. The van der Waals surface area contributed by atoms with E-state index in [9.17, 15) is 4.79 Å². The average molecular weight is 481 g/mol. The Kier molecular flexibility index (Phi) is 14.8. The van der Waals surface area contributed by atoms with Crippen molar-refractivity contribution in [1.29, 1.82) is 0 Å². The fourth-order valence-electron chi connectivity index (χ4n) is 4.47. The van der Waals surface area contributed by atoms with Crippen LogP contribution >= 0.6 is 0 Å². The van der Waals surface area contributed by atoms with Crippen LogP contribution in [0.2, 0.25) is 0 Å². The lowest BCUT2D eigenvalue weighted by Gasteiger charge is -2.09. The third-order valence-corrected chi connectivity index (χ3v) is 6.39. The van der Waals surface area contributed by atoms with E-state index in [4.69, 9.17) is 0 Å². The number of carbonyl (C=O) groups is 1. The number of nitrogens with one attached hydrogen (secondary N) is 2. The molecule has 1 aromatic heterocycles. The number of aromatic nitrogens is 2. The van der Waals surface area contributed by atoms with Crippen molar-refractivity contribution in [2.75, 3.05) is 10.6 Å². The average Bonchev–Trinajstić information content (AvgIpc) is 2.81. The van der Waals surface area contributed by atoms with Gasteiger partial charge in [-0.15, -0.1) is 0 Å². The smallest absolute Gasteiger partial charge is 0.227 e. The van der Waals surface area contributed by atoms with Crippen LogP contribution in [0.25, 0.3) is 0 Å². The summed E-state index contributed by atoms with van der Waals surface area (Å²) in [5.41, 5.74) is 3.51. The van der Waals surface area contributed by atoms with Gasteiger partial charge in [0, 0.05) is 29.2 Å². The number of aryl methyl sites for hydroxylation is 2. The summed E-state index contributed by atoms with van der Waals surface area (Å²) < 4.78 is 0. The second-order valence-electron chi connectivity index (χ2n) is 9.93. The molecule has 1 heterocycles. The highest BCUT2D eigenvalue weighted by Gasteiger charge is 2.05. The van der Waals surface area contributed by atoms with Crippen LogP contribution in [0.4, 0.5) is 17.3 Å². The van der Waals surface area contributed by atoms with Crippen LogP contribution in [0.1, 0.15) is 121 Å². The third-order valence-electron chi connectivity index (χ3n) is 6.39. The molecule has 0 radical (unpaired) electrons. The Hall–Kier alpha value is -2.43. The van der Waals surface area contributed by atoms with Gasteiger partial charge in [-0.3, -0.25) is 4.79 Å². The number of carbonyl (C=O) groups excluding carboxylic acids is 1. The molecule has 0 fully saturated rings. The van der Waals surface area contributed by atoms with Crippen molar-refractivity contribution in [2.24, 2.45) is 0 Å². The summed E-state index contributed by atoms with van der Waals surface area (Å²) in [5.74, 6) is 0.656. The zero-order valence-electron chi connectivity index (χ0n) is 22.5. The first-order valence-electron chi connectivity index (χ1n) is 14.1. The summed E-state index contributed by atoms with van der Waals surface area (Å²) in [6.07, 6.45) is 20.6. The summed E-state index contributed by atoms with van der Waals surface area (Å²) in [4.78, 5) is 21.2. The molecule has 2 aromatic rings. The Morgan fingerprint density at radius 3 is 1.71 bits per heavy atom. The van der Waals surface area contributed by atoms with Crippen molar-refractivity contribution in [3.05, 3.63) is 41.7 Å². The second kappa shape index (κ2) is 17.9. The first kappa shape index (κ1) is 28.8. The van der Waals surface area contributed by atoms with Crippen LogP contribution in [0, 0.1) is 13.8 Å². The summed E-state index contributed by atoms with van der Waals surface area (Å²) in [6.45, 7) is 6.18. The maximum absolute atomic E-state index is 12.3. The zero-order chi connectivity index (χ0) is 25.1. The van der Waals surface area contributed by atoms with Gasteiger partial charge in [0.25, 0.3) is 0 Å². The molecule has 1 amide bonds. The summed E-state index contributed by atoms with van der Waals surface area (Å²) >= 11 is 0. The highest BCUT2D eigenvalue weighted by molar-refractivity contribution is 5.91. The Balaban J connectivity index is 1.49. The van der Waals surface area contributed by atoms with E-state index in [1.807, 2.05) is 44.2 Å². The summed E-state index contributed by atoms with van der Waals surface area (Å²) in [6, 6.07) is 9.66. The van der Waals surface area contributed by atoms with Gasteiger partial charge in [0.15, 0.2) is 0 Å². The van der Waals surface area contributed by atoms with Crippen molar-refractivity contribution in [1.82, 2.24) is 9.97 Å². The molecule has 5 nitrogen and oxygen atoms in total. The highest BCUT2D eigenvalue weighted by Crippen LogP contribution is 2.19. The molecule has 5 heteroatoms. The minimum absolute atomic E-state index is 0.0829. The van der Waals surface area contributed by atoms with E-state index in [0.717, 1.165) is 35.6 Å². The van der Waals surface area contributed by atoms with Gasteiger partial charge in [0.1, 0.15) is 0 Å². The van der Waals surface area contributed by atoms with Gasteiger partial charge in [-0.25, -0.2) is 9.97 Å². The molecule has 0 atom stereocenters. The van der Waals surface area contributed by atoms with Crippen molar-refractivity contribution < 1.29 is 4.79 Å². The van der Waals surface area contributed by atoms with Crippen LogP contribution in [-0.4, -0.2) is 15.9 Å². The number of hydrogen-bond acceptors (Lipinski definition) is 4. The molecule has 0 unspecified atom stereocenters. The standard InChI is InChI=1S/C30H48N4O/c1-4-5-6-7-8-9-10-11-12-13-14-15-16-17-18-22-29(35)33-27-20-19-21-28(24-27)34-30-31-25(2)23-26(3)32-30/h19-21,23-24H,4-18,22H2,1-3H3,(H,33,35)(H,31,32,34). The number of benzene rings is 1. The molecule has 0 bridgehead atoms. The first-order chi connectivity index (χ1) is 17.1. The number of anilines is 3. The normalized spacial score (nSPS) is 10.9. The molecule has 0 saturated heterocycles. The topological polar surface area (TPSA) is 66.9 Å². The maximum Gasteiger partial charge on any atom is 0.227 e. The molecular weight excluding hydrogens is 432 g/mol. The Bertz CT molecular complexity index is 832. The van der Waals surface area contributed by atoms with Gasteiger partial charge < -0.3 is 10.6 Å². The van der Waals surface area contributed by atoms with Crippen molar-refractivity contribution in [2.45, 2.75) is 124 Å². The van der Waals surface area contributed by atoms with E-state index in [2.05, 4.69) is 27.5 Å². The maximum atomic E-state index is 12.3. The molecule has 35 heavy (non-hydrogen) atoms. The van der Waals surface area contributed by atoms with E-state index < -0.39 is 0 Å². The predicted molar refractivity (Wildman–Crippen MR) is 149 cm³/mol. The number of hydrogen-bond donors (Lipinski definition) is 2. The van der Waals surface area contributed by atoms with Gasteiger partial charge >= 0.3 is 0 Å². The largest absolute Gasteiger partial charge is 0.326 e. The molecule has 0 saturated carbocycles. The Morgan fingerprint density at radius 1 is 0.686 bits per heavy atom. The van der Waals surface area contributed by atoms with Gasteiger partial charge in [-0.1, -0.05) is 103 Å². The Labute approximate surface area is 213 Å². The van der Waals surface area contributed by atoms with Crippen molar-refractivity contribution in [3.63, 3.8) is 0 Å². The third kappa shape index (κ3) is 13.9. The lowest BCUT2D eigenvalue weighted by atomic mass is 10.0. The van der Waals surface area contributed by atoms with Crippen LogP contribution in [0.3, 0.4) is 0 Å². The van der Waals surface area contributed by atoms with E-state index in [1.165, 1.54) is 83.5 Å². The van der Waals surface area contributed by atoms with E-state index in [1.54, 1.807) is 0 Å². The van der Waals surface area contributed by atoms with Crippen LogP contribution in [0.15, 0.2) is 30.3 Å². The minimum Gasteiger partial charge on any atom is -0.326 e. The molecule has 0 spiro atoms. The van der Waals surface area contributed by atoms with Crippen molar-refractivity contribution in [3.8, 4) is 0 Å².